The van der Waals surface area contributed by atoms with Crippen LogP contribution in [0.3, 0.4) is 0 Å². The number of nitrogens with one attached hydrogen (secondary N) is 2. The summed E-state index contributed by atoms with van der Waals surface area (Å²) in [6.07, 6.45) is 1.71. The number of likely N-dealkylation sites (N-methyl/N-ethyl adjacent to an activating group) is 1. The molecule has 5 rings (SSSR count). The number of fused-ring (bicyclic) bond motifs is 1. The number of rotatable bonds is 6. The minimum absolute atomic E-state index is 0.0708. The lowest BCUT2D eigenvalue weighted by molar-refractivity contribution is 0.271. The fraction of sp³-hybridized carbons (Fsp3) is 0.385. The van der Waals surface area contributed by atoms with Crippen LogP contribution < -0.4 is 15.8 Å². The number of H-pyrrole nitrogens is 1. The smallest absolute Gasteiger partial charge is 0.261 e. The highest BCUT2D eigenvalue weighted by molar-refractivity contribution is 5.84. The fourth-order valence-corrected chi connectivity index (χ4v) is 4.69. The van der Waals surface area contributed by atoms with E-state index in [1.807, 2.05) is 26.8 Å². The lowest BCUT2D eigenvalue weighted by atomic mass is 10.1. The van der Waals surface area contributed by atoms with Gasteiger partial charge in [0.05, 0.1) is 17.0 Å². The van der Waals surface area contributed by atoms with Crippen molar-refractivity contribution < 1.29 is 0 Å². The van der Waals surface area contributed by atoms with E-state index in [4.69, 9.17) is 9.97 Å². The van der Waals surface area contributed by atoms with Gasteiger partial charge in [-0.05, 0) is 63.7 Å². The van der Waals surface area contributed by atoms with Crippen LogP contribution in [0.1, 0.15) is 32.5 Å². The van der Waals surface area contributed by atoms with Gasteiger partial charge in [-0.1, -0.05) is 6.92 Å². The Morgan fingerprint density at radius 3 is 2.43 bits per heavy atom. The molecule has 1 aliphatic heterocycles. The normalized spacial score (nSPS) is 14.7. The standard InChI is InChI=1S/C26H32N8O/c1-5-32-12-14-33(15-13-32)20-8-6-19(7-9-20)29-26-28-18(4)21-16-22(23-10-11-27-31-23)25(35)34(17(2)3)24(21)30-26/h6-11,16-17H,5,12-15H2,1-4H3,(H,27,31)(H,28,29,30). The monoisotopic (exact) mass is 472 g/mol. The van der Waals surface area contributed by atoms with Crippen molar-refractivity contribution in [3.05, 3.63) is 58.6 Å². The topological polar surface area (TPSA) is 95.0 Å². The third kappa shape index (κ3) is 4.51. The predicted molar refractivity (Wildman–Crippen MR) is 141 cm³/mol. The van der Waals surface area contributed by atoms with Crippen molar-refractivity contribution in [3.63, 3.8) is 0 Å². The van der Waals surface area contributed by atoms with Crippen molar-refractivity contribution in [1.29, 1.82) is 0 Å². The highest BCUT2D eigenvalue weighted by Gasteiger charge is 2.19. The molecule has 0 saturated carbocycles. The van der Waals surface area contributed by atoms with Crippen molar-refractivity contribution in [2.75, 3.05) is 42.9 Å². The van der Waals surface area contributed by atoms with Gasteiger partial charge in [0.15, 0.2) is 0 Å². The predicted octanol–water partition coefficient (Wildman–Crippen LogP) is 3.96. The molecule has 1 aliphatic rings. The van der Waals surface area contributed by atoms with E-state index in [0.717, 1.165) is 49.5 Å². The first-order chi connectivity index (χ1) is 16.9. The zero-order valence-corrected chi connectivity index (χ0v) is 20.7. The lowest BCUT2D eigenvalue weighted by Crippen LogP contribution is -2.46. The van der Waals surface area contributed by atoms with Crippen LogP contribution in [0.25, 0.3) is 22.3 Å². The molecular formula is C26H32N8O. The summed E-state index contributed by atoms with van der Waals surface area (Å²) in [6, 6.07) is 12.0. The fourth-order valence-electron chi connectivity index (χ4n) is 4.69. The number of piperazine rings is 1. The summed E-state index contributed by atoms with van der Waals surface area (Å²) < 4.78 is 1.72. The summed E-state index contributed by atoms with van der Waals surface area (Å²) in [5.74, 6) is 0.473. The quantitative estimate of drug-likeness (QED) is 0.439. The number of pyridine rings is 1. The first-order valence-electron chi connectivity index (χ1n) is 12.2. The van der Waals surface area contributed by atoms with E-state index >= 15 is 0 Å². The summed E-state index contributed by atoms with van der Waals surface area (Å²) in [5.41, 5.74) is 4.59. The van der Waals surface area contributed by atoms with Crippen molar-refractivity contribution >= 4 is 28.4 Å². The maximum atomic E-state index is 13.4. The van der Waals surface area contributed by atoms with Gasteiger partial charge in [0, 0.05) is 55.2 Å². The molecule has 4 aromatic rings. The molecule has 0 unspecified atom stereocenters. The maximum Gasteiger partial charge on any atom is 0.261 e. The van der Waals surface area contributed by atoms with Gasteiger partial charge in [-0.3, -0.25) is 14.5 Å². The molecule has 9 heteroatoms. The third-order valence-electron chi connectivity index (χ3n) is 6.68. The number of hydrogen-bond donors (Lipinski definition) is 2. The van der Waals surface area contributed by atoms with Crippen molar-refractivity contribution in [2.24, 2.45) is 0 Å². The van der Waals surface area contributed by atoms with Gasteiger partial charge < -0.3 is 15.1 Å². The van der Waals surface area contributed by atoms with Gasteiger partial charge in [0.25, 0.3) is 5.56 Å². The molecular weight excluding hydrogens is 440 g/mol. The van der Waals surface area contributed by atoms with E-state index < -0.39 is 0 Å². The van der Waals surface area contributed by atoms with Crippen molar-refractivity contribution in [1.82, 2.24) is 29.6 Å². The van der Waals surface area contributed by atoms with E-state index in [0.29, 0.717) is 22.9 Å². The average Bonchev–Trinajstić information content (AvgIpc) is 3.39. The second-order valence-corrected chi connectivity index (χ2v) is 9.25. The molecule has 182 valence electrons. The molecule has 2 N–H and O–H groups in total. The lowest BCUT2D eigenvalue weighted by Gasteiger charge is -2.35. The van der Waals surface area contributed by atoms with Gasteiger partial charge in [0.1, 0.15) is 5.65 Å². The molecule has 1 saturated heterocycles. The molecule has 0 amide bonds. The molecule has 1 aromatic carbocycles. The minimum atomic E-state index is -0.115. The number of benzene rings is 1. The summed E-state index contributed by atoms with van der Waals surface area (Å²) in [4.78, 5) is 27.7. The molecule has 0 aliphatic carbocycles. The van der Waals surface area contributed by atoms with Gasteiger partial charge in [-0.25, -0.2) is 4.98 Å². The molecule has 9 nitrogen and oxygen atoms in total. The maximum absolute atomic E-state index is 13.4. The summed E-state index contributed by atoms with van der Waals surface area (Å²) in [5, 5.41) is 11.2. The highest BCUT2D eigenvalue weighted by atomic mass is 16.1. The number of hydrogen-bond acceptors (Lipinski definition) is 7. The Morgan fingerprint density at radius 2 is 1.80 bits per heavy atom. The Kier molecular flexibility index (Phi) is 6.25. The Balaban J connectivity index is 1.45. The molecule has 0 spiro atoms. The number of nitrogens with zero attached hydrogens (tertiary/aromatic N) is 6. The second-order valence-electron chi connectivity index (χ2n) is 9.25. The Morgan fingerprint density at radius 1 is 1.06 bits per heavy atom. The molecule has 3 aromatic heterocycles. The van der Waals surface area contributed by atoms with E-state index in [1.165, 1.54) is 5.69 Å². The van der Waals surface area contributed by atoms with Crippen LogP contribution in [-0.4, -0.2) is 62.4 Å². The zero-order chi connectivity index (χ0) is 24.5. The summed E-state index contributed by atoms with van der Waals surface area (Å²) in [7, 11) is 0. The van der Waals surface area contributed by atoms with Crippen LogP contribution in [0.15, 0.2) is 47.4 Å². The number of anilines is 3. The van der Waals surface area contributed by atoms with Gasteiger partial charge in [-0.15, -0.1) is 0 Å². The molecule has 35 heavy (non-hydrogen) atoms. The number of aryl methyl sites for hydroxylation is 1. The third-order valence-corrected chi connectivity index (χ3v) is 6.68. The van der Waals surface area contributed by atoms with E-state index in [1.54, 1.807) is 16.8 Å². The SMILES string of the molecule is CCN1CCN(c2ccc(Nc3nc(C)c4cc(-c5cc[nH]n5)c(=O)n(C(C)C)c4n3)cc2)CC1. The first kappa shape index (κ1) is 23.0. The van der Waals surface area contributed by atoms with Gasteiger partial charge >= 0.3 is 0 Å². The largest absolute Gasteiger partial charge is 0.369 e. The summed E-state index contributed by atoms with van der Waals surface area (Å²) >= 11 is 0. The van der Waals surface area contributed by atoms with E-state index in [2.05, 4.69) is 56.5 Å². The van der Waals surface area contributed by atoms with Crippen LogP contribution in [0.5, 0.6) is 0 Å². The van der Waals surface area contributed by atoms with Crippen LogP contribution >= 0.6 is 0 Å². The number of aromatic nitrogens is 5. The molecule has 0 radical (unpaired) electrons. The van der Waals surface area contributed by atoms with Crippen LogP contribution in [0.4, 0.5) is 17.3 Å². The van der Waals surface area contributed by atoms with Gasteiger partial charge in [-0.2, -0.15) is 10.1 Å². The Hall–Kier alpha value is -3.72. The van der Waals surface area contributed by atoms with Crippen molar-refractivity contribution in [3.8, 4) is 11.3 Å². The molecule has 0 bridgehead atoms. The highest BCUT2D eigenvalue weighted by Crippen LogP contribution is 2.26. The van der Waals surface area contributed by atoms with Crippen molar-refractivity contribution in [2.45, 2.75) is 33.7 Å². The summed E-state index contributed by atoms with van der Waals surface area (Å²) in [6.45, 7) is 13.5. The molecule has 4 heterocycles. The second kappa shape index (κ2) is 9.50. The first-order valence-corrected chi connectivity index (χ1v) is 12.2. The Bertz CT molecular complexity index is 1370. The van der Waals surface area contributed by atoms with Crippen LogP contribution in [0, 0.1) is 6.92 Å². The minimum Gasteiger partial charge on any atom is -0.369 e. The van der Waals surface area contributed by atoms with Crippen LogP contribution in [-0.2, 0) is 0 Å². The van der Waals surface area contributed by atoms with Crippen LogP contribution in [0.2, 0.25) is 0 Å². The van der Waals surface area contributed by atoms with E-state index in [9.17, 15) is 4.79 Å². The molecule has 1 fully saturated rings. The zero-order valence-electron chi connectivity index (χ0n) is 20.7. The average molecular weight is 473 g/mol. The van der Waals surface area contributed by atoms with Gasteiger partial charge in [0.2, 0.25) is 5.95 Å². The number of aromatic amines is 1. The van der Waals surface area contributed by atoms with E-state index in [-0.39, 0.29) is 11.6 Å². The molecule has 0 atom stereocenters. The Labute approximate surface area is 204 Å².